The first-order valence-electron chi connectivity index (χ1n) is 6.53. The van der Waals surface area contributed by atoms with Gasteiger partial charge in [0.25, 0.3) is 0 Å². The van der Waals surface area contributed by atoms with Crippen LogP contribution in [0.1, 0.15) is 25.3 Å². The number of para-hydroxylation sites is 1. The van der Waals surface area contributed by atoms with Crippen LogP contribution in [0, 0.1) is 5.92 Å². The first-order valence-corrected chi connectivity index (χ1v) is 7.66. The molecule has 0 radical (unpaired) electrons. The summed E-state index contributed by atoms with van der Waals surface area (Å²) in [5.74, 6) is 1.77. The predicted octanol–water partition coefficient (Wildman–Crippen LogP) is 3.94. The van der Waals surface area contributed by atoms with Crippen LogP contribution in [0.4, 0.5) is 0 Å². The second-order valence-electron chi connectivity index (χ2n) is 4.92. The van der Waals surface area contributed by atoms with Gasteiger partial charge in [0.1, 0.15) is 5.75 Å². The van der Waals surface area contributed by atoms with E-state index in [2.05, 4.69) is 46.9 Å². The lowest BCUT2D eigenvalue weighted by Crippen LogP contribution is -2.21. The molecule has 0 heterocycles. The minimum absolute atomic E-state index is 0.782. The van der Waals surface area contributed by atoms with E-state index in [1.54, 1.807) is 7.11 Å². The van der Waals surface area contributed by atoms with E-state index in [-0.39, 0.29) is 0 Å². The molecular formula is C15H24BrNO. The van der Waals surface area contributed by atoms with Crippen LogP contribution in [0.2, 0.25) is 0 Å². The molecule has 1 aromatic rings. The fraction of sp³-hybridized carbons (Fsp3) is 0.600. The SMILES string of the molecule is COc1ccccc1CN(C)CCC(C)CCBr. The number of nitrogens with zero attached hydrogens (tertiary/aromatic N) is 1. The third kappa shape index (κ3) is 5.40. The monoisotopic (exact) mass is 313 g/mol. The lowest BCUT2D eigenvalue weighted by atomic mass is 10.1. The quantitative estimate of drug-likeness (QED) is 0.674. The van der Waals surface area contributed by atoms with E-state index in [9.17, 15) is 0 Å². The number of ether oxygens (including phenoxy) is 1. The molecule has 0 spiro atoms. The van der Waals surface area contributed by atoms with Gasteiger partial charge >= 0.3 is 0 Å². The molecule has 102 valence electrons. The van der Waals surface area contributed by atoms with Gasteiger partial charge in [0.2, 0.25) is 0 Å². The molecule has 1 unspecified atom stereocenters. The average Bonchev–Trinajstić information content (AvgIpc) is 2.37. The topological polar surface area (TPSA) is 12.5 Å². The van der Waals surface area contributed by atoms with Crippen molar-refractivity contribution >= 4 is 15.9 Å². The van der Waals surface area contributed by atoms with Crippen molar-refractivity contribution in [1.29, 1.82) is 0 Å². The Morgan fingerprint density at radius 3 is 2.67 bits per heavy atom. The van der Waals surface area contributed by atoms with Gasteiger partial charge in [-0.15, -0.1) is 0 Å². The molecule has 0 aliphatic rings. The highest BCUT2D eigenvalue weighted by atomic mass is 79.9. The second-order valence-corrected chi connectivity index (χ2v) is 5.71. The number of hydrogen-bond donors (Lipinski definition) is 0. The number of alkyl halides is 1. The predicted molar refractivity (Wildman–Crippen MR) is 81.5 cm³/mol. The standard InChI is InChI=1S/C15H24BrNO/c1-13(8-10-16)9-11-17(2)12-14-6-4-5-7-15(14)18-3/h4-7,13H,8-12H2,1-3H3. The summed E-state index contributed by atoms with van der Waals surface area (Å²) < 4.78 is 5.38. The van der Waals surface area contributed by atoms with E-state index in [1.807, 2.05) is 12.1 Å². The summed E-state index contributed by atoms with van der Waals surface area (Å²) in [6, 6.07) is 8.24. The smallest absolute Gasteiger partial charge is 0.123 e. The zero-order valence-electron chi connectivity index (χ0n) is 11.7. The molecule has 1 rings (SSSR count). The van der Waals surface area contributed by atoms with Crippen molar-refractivity contribution in [1.82, 2.24) is 4.90 Å². The highest BCUT2D eigenvalue weighted by Gasteiger charge is 2.07. The molecule has 1 atom stereocenters. The Bertz CT molecular complexity index is 343. The van der Waals surface area contributed by atoms with Crippen molar-refractivity contribution in [2.24, 2.45) is 5.92 Å². The van der Waals surface area contributed by atoms with E-state index in [1.165, 1.54) is 18.4 Å². The lowest BCUT2D eigenvalue weighted by molar-refractivity contribution is 0.291. The van der Waals surface area contributed by atoms with Crippen molar-refractivity contribution in [3.63, 3.8) is 0 Å². The summed E-state index contributed by atoms with van der Waals surface area (Å²) in [6.07, 6.45) is 2.50. The molecule has 0 fully saturated rings. The first-order chi connectivity index (χ1) is 8.67. The van der Waals surface area contributed by atoms with Crippen LogP contribution in [-0.2, 0) is 6.54 Å². The van der Waals surface area contributed by atoms with Crippen LogP contribution in [0.15, 0.2) is 24.3 Å². The second kappa shape index (κ2) is 8.54. The Balaban J connectivity index is 2.41. The van der Waals surface area contributed by atoms with Crippen LogP contribution in [0.25, 0.3) is 0 Å². The molecule has 2 nitrogen and oxygen atoms in total. The van der Waals surface area contributed by atoms with Crippen LogP contribution in [-0.4, -0.2) is 30.9 Å². The Hall–Kier alpha value is -0.540. The molecule has 1 aromatic carbocycles. The first kappa shape index (κ1) is 15.5. The van der Waals surface area contributed by atoms with Crippen molar-refractivity contribution in [2.45, 2.75) is 26.3 Å². The summed E-state index contributed by atoms with van der Waals surface area (Å²) in [6.45, 7) is 4.40. The Morgan fingerprint density at radius 2 is 2.00 bits per heavy atom. The van der Waals surface area contributed by atoms with Gasteiger partial charge in [0, 0.05) is 17.4 Å². The van der Waals surface area contributed by atoms with Crippen LogP contribution in [0.3, 0.4) is 0 Å². The maximum Gasteiger partial charge on any atom is 0.123 e. The number of rotatable bonds is 8. The van der Waals surface area contributed by atoms with E-state index in [0.29, 0.717) is 0 Å². The molecule has 0 saturated carbocycles. The maximum absolute atomic E-state index is 5.38. The maximum atomic E-state index is 5.38. The van der Waals surface area contributed by atoms with Gasteiger partial charge in [-0.25, -0.2) is 0 Å². The van der Waals surface area contributed by atoms with Crippen LogP contribution < -0.4 is 4.74 Å². The van der Waals surface area contributed by atoms with Gasteiger partial charge in [0.15, 0.2) is 0 Å². The van der Waals surface area contributed by atoms with Gasteiger partial charge in [-0.2, -0.15) is 0 Å². The van der Waals surface area contributed by atoms with Crippen molar-refractivity contribution < 1.29 is 4.74 Å². The minimum Gasteiger partial charge on any atom is -0.496 e. The van der Waals surface area contributed by atoms with Crippen molar-refractivity contribution in [3.05, 3.63) is 29.8 Å². The van der Waals surface area contributed by atoms with Crippen LogP contribution in [0.5, 0.6) is 5.75 Å². The van der Waals surface area contributed by atoms with E-state index < -0.39 is 0 Å². The van der Waals surface area contributed by atoms with E-state index in [0.717, 1.165) is 30.1 Å². The Morgan fingerprint density at radius 1 is 1.28 bits per heavy atom. The fourth-order valence-corrected chi connectivity index (χ4v) is 2.76. The van der Waals surface area contributed by atoms with E-state index >= 15 is 0 Å². The molecule has 0 N–H and O–H groups in total. The summed E-state index contributed by atoms with van der Waals surface area (Å²) in [5, 5.41) is 1.10. The number of halogens is 1. The average molecular weight is 314 g/mol. The van der Waals surface area contributed by atoms with Gasteiger partial charge < -0.3 is 9.64 Å². The number of hydrogen-bond acceptors (Lipinski definition) is 2. The Kier molecular flexibility index (Phi) is 7.36. The molecule has 0 aliphatic heterocycles. The van der Waals surface area contributed by atoms with Gasteiger partial charge in [-0.3, -0.25) is 0 Å². The zero-order chi connectivity index (χ0) is 13.4. The third-order valence-corrected chi connectivity index (χ3v) is 3.70. The molecule has 0 saturated heterocycles. The van der Waals surface area contributed by atoms with Gasteiger partial charge in [-0.05, 0) is 38.4 Å². The van der Waals surface area contributed by atoms with Gasteiger partial charge in [0.05, 0.1) is 7.11 Å². The minimum atomic E-state index is 0.782. The highest BCUT2D eigenvalue weighted by molar-refractivity contribution is 9.09. The Labute approximate surface area is 119 Å². The lowest BCUT2D eigenvalue weighted by Gasteiger charge is -2.20. The molecule has 3 heteroatoms. The zero-order valence-corrected chi connectivity index (χ0v) is 13.2. The molecule has 0 aliphatic carbocycles. The normalized spacial score (nSPS) is 12.7. The van der Waals surface area contributed by atoms with Crippen molar-refractivity contribution in [2.75, 3.05) is 26.0 Å². The molecule has 0 bridgehead atoms. The van der Waals surface area contributed by atoms with Crippen molar-refractivity contribution in [3.8, 4) is 5.75 Å². The summed E-state index contributed by atoms with van der Waals surface area (Å²) in [4.78, 5) is 2.36. The number of benzene rings is 1. The fourth-order valence-electron chi connectivity index (χ4n) is 1.97. The third-order valence-electron chi connectivity index (χ3n) is 3.24. The van der Waals surface area contributed by atoms with Gasteiger partial charge in [-0.1, -0.05) is 41.1 Å². The molecule has 0 aromatic heterocycles. The largest absolute Gasteiger partial charge is 0.496 e. The summed E-state index contributed by atoms with van der Waals surface area (Å²) >= 11 is 3.50. The summed E-state index contributed by atoms with van der Waals surface area (Å²) in [7, 11) is 3.91. The molecular weight excluding hydrogens is 290 g/mol. The van der Waals surface area contributed by atoms with Crippen LogP contribution >= 0.6 is 15.9 Å². The summed E-state index contributed by atoms with van der Waals surface area (Å²) in [5.41, 5.74) is 1.26. The molecule has 18 heavy (non-hydrogen) atoms. The highest BCUT2D eigenvalue weighted by Crippen LogP contribution is 2.19. The van der Waals surface area contributed by atoms with E-state index in [4.69, 9.17) is 4.74 Å². The number of methoxy groups -OCH3 is 1. The molecule has 0 amide bonds.